The third-order valence-corrected chi connectivity index (χ3v) is 2.71. The Hall–Kier alpha value is -2.66. The summed E-state index contributed by atoms with van der Waals surface area (Å²) in [4.78, 5) is 24.6. The molecule has 2 aromatic rings. The molecule has 7 heteroatoms. The van der Waals surface area contributed by atoms with Crippen molar-refractivity contribution >= 4 is 16.8 Å². The first-order valence-corrected chi connectivity index (χ1v) is 5.14. The molecule has 2 rings (SSSR count). The fourth-order valence-electron chi connectivity index (χ4n) is 1.99. The van der Waals surface area contributed by atoms with Gasteiger partial charge in [0.05, 0.1) is 12.1 Å². The average Bonchev–Trinajstić information content (AvgIpc) is 2.72. The number of amides is 1. The normalized spacial score (nSPS) is 10.1. The van der Waals surface area contributed by atoms with E-state index in [1.165, 1.54) is 6.07 Å². The van der Waals surface area contributed by atoms with Gasteiger partial charge in [0.2, 0.25) is 0 Å². The lowest BCUT2D eigenvalue weighted by Crippen LogP contribution is -1.95. The van der Waals surface area contributed by atoms with Gasteiger partial charge >= 0.3 is 5.91 Å². The monoisotopic (exact) mass is 243 g/mol. The minimum absolute atomic E-state index is 0.122. The summed E-state index contributed by atoms with van der Waals surface area (Å²) in [6, 6.07) is 5.03. The molecule has 1 amide bonds. The number of carbonyl (C=O) groups is 1. The van der Waals surface area contributed by atoms with E-state index in [-0.39, 0.29) is 12.1 Å². The van der Waals surface area contributed by atoms with E-state index in [2.05, 4.69) is 15.2 Å². The van der Waals surface area contributed by atoms with Crippen LogP contribution in [0, 0.1) is 4.91 Å². The number of hydrogen-bond acceptors (Lipinski definition) is 3. The lowest BCUT2D eigenvalue weighted by atomic mass is 10.1. The summed E-state index contributed by atoms with van der Waals surface area (Å²) < 4.78 is 1.80. The van der Waals surface area contributed by atoms with Crippen molar-refractivity contribution in [3.63, 3.8) is 0 Å². The molecule has 0 aliphatic heterocycles. The van der Waals surface area contributed by atoms with Crippen LogP contribution in [0.3, 0.4) is 0 Å². The van der Waals surface area contributed by atoms with Crippen molar-refractivity contribution in [3.05, 3.63) is 50.9 Å². The highest BCUT2D eigenvalue weighted by Gasteiger charge is 2.15. The zero-order valence-corrected chi connectivity index (χ0v) is 9.57. The summed E-state index contributed by atoms with van der Waals surface area (Å²) in [5, 5.41) is 6.53. The smallest absolute Gasteiger partial charge is 0.317 e. The molecule has 7 nitrogen and oxygen atoms in total. The highest BCUT2D eigenvalue weighted by molar-refractivity contribution is 6.08. The lowest BCUT2D eigenvalue weighted by Gasteiger charge is -2.00. The van der Waals surface area contributed by atoms with Crippen molar-refractivity contribution in [1.29, 1.82) is 0 Å². The molecule has 1 aromatic heterocycles. The van der Waals surface area contributed by atoms with Gasteiger partial charge in [0.15, 0.2) is 0 Å². The first-order chi connectivity index (χ1) is 8.69. The van der Waals surface area contributed by atoms with E-state index < -0.39 is 5.91 Å². The predicted molar refractivity (Wildman–Crippen MR) is 65.9 cm³/mol. The minimum atomic E-state index is -0.825. The number of nitroso groups, excluding NO2 is 1. The molecule has 0 aliphatic rings. The van der Waals surface area contributed by atoms with Gasteiger partial charge < -0.3 is 4.57 Å². The molecule has 0 fully saturated rings. The van der Waals surface area contributed by atoms with E-state index in [4.69, 9.17) is 5.53 Å². The molecule has 1 aromatic carbocycles. The van der Waals surface area contributed by atoms with E-state index in [0.29, 0.717) is 10.9 Å². The SMILES string of the molecule is Cn1cc(CN=[N+]=[N-])c2c(C(=O)N=O)cccc21. The second-order valence-electron chi connectivity index (χ2n) is 3.75. The summed E-state index contributed by atoms with van der Waals surface area (Å²) in [6.45, 7) is 0.122. The molecular weight excluding hydrogens is 234 g/mol. The van der Waals surface area contributed by atoms with Crippen molar-refractivity contribution in [3.8, 4) is 0 Å². The molecule has 0 radical (unpaired) electrons. The largest absolute Gasteiger partial charge is 0.350 e. The molecule has 18 heavy (non-hydrogen) atoms. The third-order valence-electron chi connectivity index (χ3n) is 2.71. The number of benzene rings is 1. The van der Waals surface area contributed by atoms with Gasteiger partial charge in [-0.3, -0.25) is 4.79 Å². The van der Waals surface area contributed by atoms with Gasteiger partial charge in [0.25, 0.3) is 0 Å². The molecule has 0 N–H and O–H groups in total. The number of hydrogen-bond donors (Lipinski definition) is 0. The topological polar surface area (TPSA) is 100 Å². The molecule has 0 spiro atoms. The first-order valence-electron chi connectivity index (χ1n) is 5.14. The van der Waals surface area contributed by atoms with Gasteiger partial charge in [-0.05, 0) is 23.2 Å². The Labute approximate surface area is 102 Å². The molecule has 1 heterocycles. The number of rotatable bonds is 3. The Bertz CT molecular complexity index is 682. The number of azide groups is 1. The molecule has 0 aliphatic carbocycles. The van der Waals surface area contributed by atoms with E-state index in [9.17, 15) is 9.70 Å². The highest BCUT2D eigenvalue weighted by atomic mass is 16.3. The zero-order valence-electron chi connectivity index (χ0n) is 9.57. The lowest BCUT2D eigenvalue weighted by molar-refractivity contribution is 0.100. The average molecular weight is 243 g/mol. The number of aryl methyl sites for hydroxylation is 1. The fourth-order valence-corrected chi connectivity index (χ4v) is 1.99. The van der Waals surface area contributed by atoms with Crippen LogP contribution in [0.4, 0.5) is 0 Å². The van der Waals surface area contributed by atoms with Crippen LogP contribution in [-0.2, 0) is 13.6 Å². The van der Waals surface area contributed by atoms with E-state index in [0.717, 1.165) is 5.52 Å². The summed E-state index contributed by atoms with van der Waals surface area (Å²) in [5.74, 6) is -0.825. The second kappa shape index (κ2) is 4.68. The Morgan fingerprint density at radius 1 is 1.50 bits per heavy atom. The van der Waals surface area contributed by atoms with Crippen molar-refractivity contribution < 1.29 is 4.79 Å². The maximum atomic E-state index is 11.5. The van der Waals surface area contributed by atoms with Crippen molar-refractivity contribution in [2.24, 2.45) is 17.3 Å². The third kappa shape index (κ3) is 1.83. The standard InChI is InChI=1S/C11H9N5O2/c1-16-6-7(5-13-15-12)10-8(11(17)14-18)3-2-4-9(10)16/h2-4,6H,5H2,1H3. The summed E-state index contributed by atoms with van der Waals surface area (Å²) in [5.41, 5.74) is 10.1. The van der Waals surface area contributed by atoms with Gasteiger partial charge in [-0.25, -0.2) is 0 Å². The van der Waals surface area contributed by atoms with Crippen LogP contribution in [0.2, 0.25) is 0 Å². The van der Waals surface area contributed by atoms with E-state index in [1.807, 2.05) is 13.1 Å². The van der Waals surface area contributed by atoms with Gasteiger partial charge in [0, 0.05) is 34.2 Å². The Kier molecular flexibility index (Phi) is 3.07. The molecule has 0 atom stereocenters. The number of carbonyl (C=O) groups excluding carboxylic acids is 1. The second-order valence-corrected chi connectivity index (χ2v) is 3.75. The van der Waals surface area contributed by atoms with Crippen LogP contribution < -0.4 is 0 Å². The molecule has 90 valence electrons. The van der Waals surface area contributed by atoms with Gasteiger partial charge in [-0.15, -0.1) is 4.91 Å². The molecule has 0 unspecified atom stereocenters. The van der Waals surface area contributed by atoms with Crippen LogP contribution >= 0.6 is 0 Å². The van der Waals surface area contributed by atoms with Crippen molar-refractivity contribution in [2.75, 3.05) is 0 Å². The van der Waals surface area contributed by atoms with Crippen molar-refractivity contribution in [1.82, 2.24) is 4.57 Å². The number of fused-ring (bicyclic) bond motifs is 1. The Balaban J connectivity index is 2.75. The molecule has 0 saturated carbocycles. The quantitative estimate of drug-likeness (QED) is 0.358. The molecule has 0 bridgehead atoms. The summed E-state index contributed by atoms with van der Waals surface area (Å²) in [7, 11) is 1.81. The predicted octanol–water partition coefficient (Wildman–Crippen LogP) is 2.90. The van der Waals surface area contributed by atoms with Crippen LogP contribution in [-0.4, -0.2) is 10.5 Å². The van der Waals surface area contributed by atoms with E-state index in [1.54, 1.807) is 16.8 Å². The van der Waals surface area contributed by atoms with Crippen LogP contribution in [0.25, 0.3) is 21.3 Å². The Morgan fingerprint density at radius 2 is 2.28 bits per heavy atom. The maximum absolute atomic E-state index is 11.5. The Morgan fingerprint density at radius 3 is 2.94 bits per heavy atom. The number of aromatic nitrogens is 1. The first kappa shape index (κ1) is 11.8. The fraction of sp³-hybridized carbons (Fsp3) is 0.182. The molecule has 0 saturated heterocycles. The zero-order chi connectivity index (χ0) is 13.1. The van der Waals surface area contributed by atoms with Gasteiger partial charge in [-0.2, -0.15) is 0 Å². The summed E-state index contributed by atoms with van der Waals surface area (Å²) in [6.07, 6.45) is 1.76. The highest BCUT2D eigenvalue weighted by Crippen LogP contribution is 2.26. The van der Waals surface area contributed by atoms with Crippen LogP contribution in [0.15, 0.2) is 34.7 Å². The van der Waals surface area contributed by atoms with Crippen LogP contribution in [0.1, 0.15) is 15.9 Å². The van der Waals surface area contributed by atoms with Gasteiger partial charge in [0.1, 0.15) is 0 Å². The summed E-state index contributed by atoms with van der Waals surface area (Å²) >= 11 is 0. The van der Waals surface area contributed by atoms with Crippen LogP contribution in [0.5, 0.6) is 0 Å². The number of nitrogens with zero attached hydrogens (tertiary/aromatic N) is 5. The van der Waals surface area contributed by atoms with E-state index >= 15 is 0 Å². The molecular formula is C11H9N5O2. The van der Waals surface area contributed by atoms with Crippen molar-refractivity contribution in [2.45, 2.75) is 6.54 Å². The van der Waals surface area contributed by atoms with Gasteiger partial charge in [-0.1, -0.05) is 11.2 Å². The maximum Gasteiger partial charge on any atom is 0.317 e. The minimum Gasteiger partial charge on any atom is -0.350 e.